The van der Waals surface area contributed by atoms with Crippen LogP contribution in [0.3, 0.4) is 0 Å². The minimum absolute atomic E-state index is 0. The van der Waals surface area contributed by atoms with Gasteiger partial charge in [-0.25, -0.2) is 0 Å². The summed E-state index contributed by atoms with van der Waals surface area (Å²) >= 11 is 0. The van der Waals surface area contributed by atoms with Crippen LogP contribution in [0.1, 0.15) is 0 Å². The van der Waals surface area contributed by atoms with Crippen molar-refractivity contribution in [1.82, 2.24) is 0 Å². The van der Waals surface area contributed by atoms with Gasteiger partial charge in [0.15, 0.2) is 0 Å². The van der Waals surface area contributed by atoms with Crippen LogP contribution in [-0.2, 0) is 22.4 Å². The summed E-state index contributed by atoms with van der Waals surface area (Å²) in [4.78, 5) is 0. The maximum atomic E-state index is 2.24. The van der Waals surface area contributed by atoms with E-state index in [2.05, 4.69) is 273 Å². The molecule has 0 saturated carbocycles. The third-order valence-corrected chi connectivity index (χ3v) is 17.8. The quantitative estimate of drug-likeness (QED) is 0.100. The van der Waals surface area contributed by atoms with E-state index in [9.17, 15) is 0 Å². The summed E-state index contributed by atoms with van der Waals surface area (Å²) in [6, 6.07) is 97.5. The van der Waals surface area contributed by atoms with Crippen molar-refractivity contribution in [3.63, 3.8) is 0 Å². The first-order chi connectivity index (χ1) is 28.3. The van der Waals surface area contributed by atoms with Gasteiger partial charge in [-0.3, -0.25) is 0 Å². The van der Waals surface area contributed by atoms with E-state index in [1.165, 1.54) is 47.7 Å². The molecule has 0 N–H and O–H groups in total. The largest absolute Gasteiger partial charge is 1.00 e. The van der Waals surface area contributed by atoms with Crippen LogP contribution in [0, 0.1) is 0 Å². The smallest absolute Gasteiger partial charge is 0.0620 e. The molecule has 0 fully saturated rings. The second-order valence-electron chi connectivity index (χ2n) is 13.4. The molecule has 9 aromatic carbocycles. The van der Waals surface area contributed by atoms with E-state index in [-0.39, 0.29) is 22.4 Å². The van der Waals surface area contributed by atoms with Crippen molar-refractivity contribution in [2.75, 3.05) is 0 Å². The van der Waals surface area contributed by atoms with Crippen molar-refractivity contribution in [2.24, 2.45) is 0 Å². The number of benzene rings is 9. The summed E-state index contributed by atoms with van der Waals surface area (Å²) in [5, 5.41) is 12.9. The topological polar surface area (TPSA) is 0 Å². The normalized spacial score (nSPS) is 10.4. The maximum Gasteiger partial charge on any atom is 1.00 e. The summed E-state index contributed by atoms with van der Waals surface area (Å²) in [5.74, 6) is 0. The van der Waals surface area contributed by atoms with E-state index in [0.717, 1.165) is 0 Å². The Morgan fingerprint density at radius 1 is 0.138 bits per heavy atom. The summed E-state index contributed by atoms with van der Waals surface area (Å²) in [5.41, 5.74) is 0. The zero-order chi connectivity index (χ0) is 38.7. The Morgan fingerprint density at radius 3 is 0.310 bits per heavy atom. The first-order valence-electron chi connectivity index (χ1n) is 19.4. The third-order valence-electron chi connectivity index (χ3n) is 9.56. The van der Waals surface area contributed by atoms with Gasteiger partial charge in [-0.2, -0.15) is 0 Å². The molecule has 0 nitrogen and oxygen atoms in total. The molecular weight excluding hydrogens is 938 g/mol. The molecule has 0 amide bonds. The molecule has 4 heteroatoms. The SMILES string of the molecule is [Au+].c1ccc([PH+](c2ccccc2)c2ccccc2)cc1.c1ccc([PH+](c2ccccc2)c2ccccc2)cc1.c1ccc([PH+](c2ccccc2)c2ccccc2)cc1. The van der Waals surface area contributed by atoms with Crippen LogP contribution >= 0.6 is 23.8 Å². The zero-order valence-electron chi connectivity index (χ0n) is 32.3. The van der Waals surface area contributed by atoms with Gasteiger partial charge in [0.25, 0.3) is 0 Å². The molecule has 0 unspecified atom stereocenters. The van der Waals surface area contributed by atoms with Crippen LogP contribution in [0.25, 0.3) is 0 Å². The molecule has 0 aliphatic carbocycles. The molecule has 0 heterocycles. The first-order valence-corrected chi connectivity index (χ1v) is 23.9. The van der Waals surface area contributed by atoms with Gasteiger partial charge >= 0.3 is 22.4 Å². The fraction of sp³-hybridized carbons (Fsp3) is 0. The van der Waals surface area contributed by atoms with Crippen molar-refractivity contribution >= 4 is 71.5 Å². The monoisotopic (exact) mass is 986 g/mol. The summed E-state index contributed by atoms with van der Waals surface area (Å²) in [7, 11) is -2.63. The molecule has 0 bridgehead atoms. The second-order valence-corrected chi connectivity index (χ2v) is 20.9. The minimum Gasteiger partial charge on any atom is -0.0620 e. The Hall–Kier alpha value is -4.99. The summed E-state index contributed by atoms with van der Waals surface area (Å²) < 4.78 is 0. The summed E-state index contributed by atoms with van der Waals surface area (Å²) in [6.45, 7) is 0. The van der Waals surface area contributed by atoms with Gasteiger partial charge in [0, 0.05) is 0 Å². The van der Waals surface area contributed by atoms with Crippen molar-refractivity contribution < 1.29 is 22.4 Å². The van der Waals surface area contributed by atoms with Crippen LogP contribution in [0.2, 0.25) is 0 Å². The third kappa shape index (κ3) is 12.0. The zero-order valence-corrected chi connectivity index (χ0v) is 37.4. The molecule has 0 radical (unpaired) electrons. The average Bonchev–Trinajstić information content (AvgIpc) is 3.30. The van der Waals surface area contributed by atoms with Crippen molar-refractivity contribution in [3.05, 3.63) is 273 Å². The second kappa shape index (κ2) is 23.4. The minimum atomic E-state index is -0.877. The molecule has 0 aliphatic heterocycles. The van der Waals surface area contributed by atoms with Gasteiger partial charge in [0.2, 0.25) is 0 Å². The number of rotatable bonds is 9. The molecule has 0 saturated heterocycles. The van der Waals surface area contributed by atoms with Crippen LogP contribution in [0.5, 0.6) is 0 Å². The molecular formula is C54H48AuP3+4. The molecule has 9 rings (SSSR count). The van der Waals surface area contributed by atoms with Gasteiger partial charge in [0.05, 0.1) is 23.8 Å². The molecule has 0 spiro atoms. The molecule has 0 atom stereocenters. The fourth-order valence-corrected chi connectivity index (χ4v) is 14.7. The van der Waals surface area contributed by atoms with Crippen LogP contribution < -0.4 is 47.7 Å². The Balaban J connectivity index is 0.000000145. The van der Waals surface area contributed by atoms with Crippen LogP contribution in [0.15, 0.2) is 273 Å². The maximum absolute atomic E-state index is 2.24. The van der Waals surface area contributed by atoms with Gasteiger partial charge in [-0.15, -0.1) is 0 Å². The van der Waals surface area contributed by atoms with Gasteiger partial charge in [-0.1, -0.05) is 164 Å². The number of hydrogen-bond donors (Lipinski definition) is 0. The van der Waals surface area contributed by atoms with E-state index in [1.807, 2.05) is 0 Å². The Bertz CT molecular complexity index is 1860. The predicted molar refractivity (Wildman–Crippen MR) is 260 cm³/mol. The first kappa shape index (κ1) is 42.6. The molecule has 9 aromatic rings. The molecule has 0 aliphatic rings. The standard InChI is InChI=1S/3C18H15P.Au/c3*1-4-10-16(11-5-1)19(17-12-6-2-7-13-17)18-14-8-3-9-15-18;/h3*1-15H;/q;;;+1/p+3. The van der Waals surface area contributed by atoms with Gasteiger partial charge in [0.1, 0.15) is 47.7 Å². The van der Waals surface area contributed by atoms with E-state index in [4.69, 9.17) is 0 Å². The Kier molecular flexibility index (Phi) is 17.2. The van der Waals surface area contributed by atoms with Crippen LogP contribution in [-0.4, -0.2) is 0 Å². The molecule has 286 valence electrons. The van der Waals surface area contributed by atoms with Gasteiger partial charge in [-0.05, 0) is 109 Å². The van der Waals surface area contributed by atoms with E-state index >= 15 is 0 Å². The van der Waals surface area contributed by atoms with Crippen molar-refractivity contribution in [2.45, 2.75) is 0 Å². The van der Waals surface area contributed by atoms with E-state index in [0.29, 0.717) is 0 Å². The Morgan fingerprint density at radius 2 is 0.224 bits per heavy atom. The van der Waals surface area contributed by atoms with Crippen molar-refractivity contribution in [1.29, 1.82) is 0 Å². The summed E-state index contributed by atoms with van der Waals surface area (Å²) in [6.07, 6.45) is 0. The molecule has 58 heavy (non-hydrogen) atoms. The van der Waals surface area contributed by atoms with Gasteiger partial charge < -0.3 is 0 Å². The van der Waals surface area contributed by atoms with Crippen molar-refractivity contribution in [3.8, 4) is 0 Å². The van der Waals surface area contributed by atoms with E-state index < -0.39 is 23.8 Å². The fourth-order valence-electron chi connectivity index (χ4n) is 6.94. The molecule has 0 aromatic heterocycles. The Labute approximate surface area is 364 Å². The number of hydrogen-bond acceptors (Lipinski definition) is 0. The predicted octanol–water partition coefficient (Wildman–Crippen LogP) is 9.53. The van der Waals surface area contributed by atoms with Crippen LogP contribution in [0.4, 0.5) is 0 Å². The average molecular weight is 987 g/mol. The van der Waals surface area contributed by atoms with E-state index in [1.54, 1.807) is 0 Å².